The third-order valence-electron chi connectivity index (χ3n) is 3.54. The largest absolute Gasteiger partial charge is 0.481 e. The summed E-state index contributed by atoms with van der Waals surface area (Å²) in [4.78, 5) is 24.0. The van der Waals surface area contributed by atoms with Crippen molar-refractivity contribution in [2.24, 2.45) is 5.92 Å². The molecule has 2 rings (SSSR count). The highest BCUT2D eigenvalue weighted by atomic mass is 19.1. The van der Waals surface area contributed by atoms with Crippen molar-refractivity contribution in [2.45, 2.75) is 25.6 Å². The van der Waals surface area contributed by atoms with Crippen molar-refractivity contribution in [1.82, 2.24) is 4.90 Å². The Morgan fingerprint density at radius 3 is 2.71 bits per heavy atom. The van der Waals surface area contributed by atoms with Crippen LogP contribution < -0.4 is 0 Å². The minimum absolute atomic E-state index is 0.0844. The van der Waals surface area contributed by atoms with E-state index < -0.39 is 24.2 Å². The SMILES string of the molecule is O=C(O)CC1CN(C(=O)OCc2ccccc2)CCC1F. The molecule has 0 aliphatic carbocycles. The quantitative estimate of drug-likeness (QED) is 0.926. The predicted molar refractivity (Wildman–Crippen MR) is 73.5 cm³/mol. The molecule has 0 aromatic heterocycles. The summed E-state index contributed by atoms with van der Waals surface area (Å²) in [5.41, 5.74) is 0.869. The second-order valence-corrected chi connectivity index (χ2v) is 5.15. The van der Waals surface area contributed by atoms with Crippen LogP contribution in [0.1, 0.15) is 18.4 Å². The van der Waals surface area contributed by atoms with Crippen molar-refractivity contribution in [3.05, 3.63) is 35.9 Å². The Bertz CT molecular complexity index is 494. The summed E-state index contributed by atoms with van der Waals surface area (Å²) in [6.07, 6.45) is -1.83. The molecule has 114 valence electrons. The Labute approximate surface area is 122 Å². The monoisotopic (exact) mass is 295 g/mol. The second kappa shape index (κ2) is 7.06. The molecule has 0 saturated carbocycles. The number of likely N-dealkylation sites (tertiary alicyclic amines) is 1. The number of hydrogen-bond donors (Lipinski definition) is 1. The van der Waals surface area contributed by atoms with E-state index in [0.29, 0.717) is 0 Å². The molecule has 1 amide bonds. The highest BCUT2D eigenvalue weighted by Crippen LogP contribution is 2.23. The van der Waals surface area contributed by atoms with Gasteiger partial charge in [0.25, 0.3) is 0 Å². The van der Waals surface area contributed by atoms with Gasteiger partial charge in [-0.05, 0) is 12.0 Å². The summed E-state index contributed by atoms with van der Waals surface area (Å²) in [7, 11) is 0. The van der Waals surface area contributed by atoms with Crippen LogP contribution in [-0.2, 0) is 16.1 Å². The number of amides is 1. The van der Waals surface area contributed by atoms with Gasteiger partial charge in [-0.15, -0.1) is 0 Å². The maximum atomic E-state index is 13.7. The zero-order valence-corrected chi connectivity index (χ0v) is 11.6. The summed E-state index contributed by atoms with van der Waals surface area (Å²) in [5, 5.41) is 8.76. The number of carboxylic acid groups (broad SMARTS) is 1. The van der Waals surface area contributed by atoms with E-state index in [-0.39, 0.29) is 32.5 Å². The van der Waals surface area contributed by atoms with Gasteiger partial charge in [-0.25, -0.2) is 9.18 Å². The van der Waals surface area contributed by atoms with Gasteiger partial charge in [0.2, 0.25) is 0 Å². The Kier molecular flexibility index (Phi) is 5.14. The van der Waals surface area contributed by atoms with Crippen LogP contribution in [0.25, 0.3) is 0 Å². The van der Waals surface area contributed by atoms with Gasteiger partial charge in [0, 0.05) is 19.0 Å². The van der Waals surface area contributed by atoms with E-state index in [1.54, 1.807) is 0 Å². The lowest BCUT2D eigenvalue weighted by molar-refractivity contribution is -0.139. The molecule has 1 heterocycles. The number of ether oxygens (including phenoxy) is 1. The summed E-state index contributed by atoms with van der Waals surface area (Å²) < 4.78 is 18.8. The molecule has 1 saturated heterocycles. The van der Waals surface area contributed by atoms with Gasteiger partial charge >= 0.3 is 12.1 Å². The standard InChI is InChI=1S/C15H18FNO4/c16-13-6-7-17(9-12(13)8-14(18)19)15(20)21-10-11-4-2-1-3-5-11/h1-5,12-13H,6-10H2,(H,18,19). The lowest BCUT2D eigenvalue weighted by Gasteiger charge is -2.33. The Morgan fingerprint density at radius 2 is 2.05 bits per heavy atom. The van der Waals surface area contributed by atoms with Crippen molar-refractivity contribution >= 4 is 12.1 Å². The lowest BCUT2D eigenvalue weighted by atomic mass is 9.93. The molecule has 1 aliphatic heterocycles. The first-order valence-corrected chi connectivity index (χ1v) is 6.87. The van der Waals surface area contributed by atoms with Gasteiger partial charge in [-0.1, -0.05) is 30.3 Å². The van der Waals surface area contributed by atoms with Crippen LogP contribution in [0.5, 0.6) is 0 Å². The van der Waals surface area contributed by atoms with Crippen LogP contribution in [0.2, 0.25) is 0 Å². The van der Waals surface area contributed by atoms with Crippen LogP contribution >= 0.6 is 0 Å². The van der Waals surface area contributed by atoms with E-state index in [1.807, 2.05) is 30.3 Å². The van der Waals surface area contributed by atoms with Crippen LogP contribution in [-0.4, -0.2) is 41.3 Å². The highest BCUT2D eigenvalue weighted by molar-refractivity contribution is 5.69. The number of carbonyl (C=O) groups excluding carboxylic acids is 1. The van der Waals surface area contributed by atoms with Crippen LogP contribution in [0.3, 0.4) is 0 Å². The summed E-state index contributed by atoms with van der Waals surface area (Å²) in [5.74, 6) is -1.72. The molecule has 5 nitrogen and oxygen atoms in total. The van der Waals surface area contributed by atoms with Crippen molar-refractivity contribution in [3.8, 4) is 0 Å². The van der Waals surface area contributed by atoms with Gasteiger partial charge in [0.15, 0.2) is 0 Å². The van der Waals surface area contributed by atoms with Crippen molar-refractivity contribution in [2.75, 3.05) is 13.1 Å². The van der Waals surface area contributed by atoms with E-state index in [1.165, 1.54) is 4.90 Å². The van der Waals surface area contributed by atoms with Crippen LogP contribution in [0.4, 0.5) is 9.18 Å². The number of carbonyl (C=O) groups is 2. The maximum Gasteiger partial charge on any atom is 0.410 e. The Hall–Kier alpha value is -2.11. The highest BCUT2D eigenvalue weighted by Gasteiger charge is 2.33. The van der Waals surface area contributed by atoms with Gasteiger partial charge < -0.3 is 14.7 Å². The van der Waals surface area contributed by atoms with Gasteiger partial charge in [-0.3, -0.25) is 4.79 Å². The zero-order chi connectivity index (χ0) is 15.2. The second-order valence-electron chi connectivity index (χ2n) is 5.15. The van der Waals surface area contributed by atoms with E-state index in [2.05, 4.69) is 0 Å². The normalized spacial score (nSPS) is 21.9. The molecule has 1 aromatic carbocycles. The van der Waals surface area contributed by atoms with Crippen LogP contribution in [0.15, 0.2) is 30.3 Å². The van der Waals surface area contributed by atoms with Crippen molar-refractivity contribution < 1.29 is 23.8 Å². The molecule has 2 unspecified atom stereocenters. The van der Waals surface area contributed by atoms with Crippen molar-refractivity contribution in [3.63, 3.8) is 0 Å². The smallest absolute Gasteiger partial charge is 0.410 e. The number of halogens is 1. The number of nitrogens with zero attached hydrogens (tertiary/aromatic N) is 1. The number of piperidine rings is 1. The van der Waals surface area contributed by atoms with E-state index in [0.717, 1.165) is 5.56 Å². The lowest BCUT2D eigenvalue weighted by Crippen LogP contribution is -2.45. The topological polar surface area (TPSA) is 66.8 Å². The number of aliphatic carboxylic acids is 1. The predicted octanol–water partition coefficient (Wildman–Crippen LogP) is 2.46. The molecule has 2 atom stereocenters. The fraction of sp³-hybridized carbons (Fsp3) is 0.467. The molecule has 0 bridgehead atoms. The summed E-state index contributed by atoms with van der Waals surface area (Å²) in [6.45, 7) is 0.491. The zero-order valence-electron chi connectivity index (χ0n) is 11.6. The number of rotatable bonds is 4. The van der Waals surface area contributed by atoms with Gasteiger partial charge in [-0.2, -0.15) is 0 Å². The molecule has 1 fully saturated rings. The third-order valence-corrected chi connectivity index (χ3v) is 3.54. The Balaban J connectivity index is 1.86. The fourth-order valence-corrected chi connectivity index (χ4v) is 2.40. The van der Waals surface area contributed by atoms with E-state index in [9.17, 15) is 14.0 Å². The summed E-state index contributed by atoms with van der Waals surface area (Å²) in [6, 6.07) is 9.25. The molecule has 0 spiro atoms. The van der Waals surface area contributed by atoms with Gasteiger partial charge in [0.05, 0.1) is 6.42 Å². The number of benzene rings is 1. The van der Waals surface area contributed by atoms with Crippen LogP contribution in [0, 0.1) is 5.92 Å². The number of hydrogen-bond acceptors (Lipinski definition) is 3. The molecular weight excluding hydrogens is 277 g/mol. The average molecular weight is 295 g/mol. The first-order valence-electron chi connectivity index (χ1n) is 6.87. The molecule has 1 aromatic rings. The first kappa shape index (κ1) is 15.3. The minimum atomic E-state index is -1.18. The van der Waals surface area contributed by atoms with Crippen molar-refractivity contribution in [1.29, 1.82) is 0 Å². The van der Waals surface area contributed by atoms with E-state index in [4.69, 9.17) is 9.84 Å². The number of carboxylic acids is 1. The average Bonchev–Trinajstić information content (AvgIpc) is 2.47. The van der Waals surface area contributed by atoms with Gasteiger partial charge in [0.1, 0.15) is 12.8 Å². The fourth-order valence-electron chi connectivity index (χ4n) is 2.40. The molecule has 1 aliphatic rings. The molecular formula is C15H18FNO4. The first-order chi connectivity index (χ1) is 10.1. The molecule has 21 heavy (non-hydrogen) atoms. The Morgan fingerprint density at radius 1 is 1.33 bits per heavy atom. The minimum Gasteiger partial charge on any atom is -0.481 e. The van der Waals surface area contributed by atoms with E-state index >= 15 is 0 Å². The summed E-state index contributed by atoms with van der Waals surface area (Å²) >= 11 is 0. The maximum absolute atomic E-state index is 13.7. The molecule has 6 heteroatoms. The molecule has 1 N–H and O–H groups in total. The third kappa shape index (κ3) is 4.44. The number of alkyl halides is 1. The molecule has 0 radical (unpaired) electrons.